The Kier molecular flexibility index (Phi) is 12.8. The molecule has 0 bridgehead atoms. The zero-order chi connectivity index (χ0) is 20.9. The molecule has 1 aliphatic rings. The van der Waals surface area contributed by atoms with Crippen LogP contribution in [0.3, 0.4) is 0 Å². The van der Waals surface area contributed by atoms with E-state index in [1.807, 2.05) is 0 Å². The van der Waals surface area contributed by atoms with Crippen LogP contribution in [0.2, 0.25) is 0 Å². The summed E-state index contributed by atoms with van der Waals surface area (Å²) in [7, 11) is 0. The quantitative estimate of drug-likeness (QED) is 0.376. The van der Waals surface area contributed by atoms with Gasteiger partial charge in [-0.3, -0.25) is 0 Å². The van der Waals surface area contributed by atoms with Gasteiger partial charge in [-0.1, -0.05) is 0 Å². The number of alkyl carbamates (subject to hydrolysis) is 1. The molecule has 27 heavy (non-hydrogen) atoms. The predicted molar refractivity (Wildman–Crippen MR) is 101 cm³/mol. The van der Waals surface area contributed by atoms with Gasteiger partial charge in [0.05, 0.1) is 6.61 Å². The number of carbonyl (C=O) groups is 3. The van der Waals surface area contributed by atoms with Crippen molar-refractivity contribution in [2.24, 2.45) is 0 Å². The Morgan fingerprint density at radius 3 is 2.22 bits per heavy atom. The molecular weight excluding hydrogens is 378 g/mol. The number of hydrogen-bond acceptors (Lipinski definition) is 7. The van der Waals surface area contributed by atoms with Gasteiger partial charge in [0.15, 0.2) is 0 Å². The molecule has 158 valence electrons. The van der Waals surface area contributed by atoms with E-state index in [1.54, 1.807) is 27.7 Å². The van der Waals surface area contributed by atoms with Gasteiger partial charge >= 0.3 is 17.5 Å². The van der Waals surface area contributed by atoms with E-state index in [2.05, 4.69) is 10.1 Å². The summed E-state index contributed by atoms with van der Waals surface area (Å²) in [5.74, 6) is -0.443. The van der Waals surface area contributed by atoms with Crippen LogP contribution in [0.5, 0.6) is 0 Å². The fraction of sp³-hybridized carbons (Fsp3) is 0.833. The molecule has 2 N–H and O–H groups in total. The second-order valence-corrected chi connectivity index (χ2v) is 7.39. The lowest BCUT2D eigenvalue weighted by Gasteiger charge is -2.23. The molecular formula is C18H32ClNO7. The lowest BCUT2D eigenvalue weighted by molar-refractivity contribution is -0.151. The highest BCUT2D eigenvalue weighted by Crippen LogP contribution is 2.21. The molecule has 0 aromatic heterocycles. The van der Waals surface area contributed by atoms with Crippen molar-refractivity contribution >= 4 is 29.1 Å². The molecule has 0 radical (unpaired) electrons. The third-order valence-corrected chi connectivity index (χ3v) is 3.58. The summed E-state index contributed by atoms with van der Waals surface area (Å²) in [6, 6.07) is -0.771. The molecule has 0 spiro atoms. The highest BCUT2D eigenvalue weighted by molar-refractivity contribution is 6.61. The highest BCUT2D eigenvalue weighted by atomic mass is 35.5. The number of hydrogen-bond donors (Lipinski definition) is 2. The first kappa shape index (κ1) is 25.5. The van der Waals surface area contributed by atoms with Gasteiger partial charge < -0.3 is 24.6 Å². The van der Waals surface area contributed by atoms with Gasteiger partial charge in [0.25, 0.3) is 0 Å². The van der Waals surface area contributed by atoms with E-state index in [9.17, 15) is 14.4 Å². The topological polar surface area (TPSA) is 111 Å². The van der Waals surface area contributed by atoms with Gasteiger partial charge in [0.1, 0.15) is 17.7 Å². The summed E-state index contributed by atoms with van der Waals surface area (Å²) in [5.41, 5.74) is -1.36. The molecule has 1 amide bonds. The van der Waals surface area contributed by atoms with Crippen LogP contribution in [0.1, 0.15) is 66.2 Å². The van der Waals surface area contributed by atoms with Crippen LogP contribution in [0.25, 0.3) is 0 Å². The molecule has 1 aliphatic carbocycles. The first-order valence-electron chi connectivity index (χ1n) is 9.22. The fourth-order valence-electron chi connectivity index (χ4n) is 2.36. The van der Waals surface area contributed by atoms with Gasteiger partial charge in [0.2, 0.25) is 0 Å². The SMILES string of the molecule is CC(C)(C)OC(=O)N[C@@H](CCCO)C(=O)OC1CCCC1.CCOC(=O)Cl. The maximum atomic E-state index is 12.1. The highest BCUT2D eigenvalue weighted by Gasteiger charge is 2.28. The van der Waals surface area contributed by atoms with E-state index in [0.717, 1.165) is 25.7 Å². The van der Waals surface area contributed by atoms with Crippen molar-refractivity contribution in [3.05, 3.63) is 0 Å². The summed E-state index contributed by atoms with van der Waals surface area (Å²) in [5, 5.41) is 11.4. The minimum atomic E-state index is -0.771. The maximum Gasteiger partial charge on any atom is 0.408 e. The standard InChI is InChI=1S/C15H27NO5.C3H5ClO2/c1-15(2,3)21-14(19)16-12(9-6-10-17)13(18)20-11-7-4-5-8-11;1-2-6-3(4)5/h11-12,17H,4-10H2,1-3H3,(H,16,19);2H2,1H3/t12-;/m0./s1. The third-order valence-electron chi connectivity index (χ3n) is 3.47. The Morgan fingerprint density at radius 2 is 1.81 bits per heavy atom. The minimum absolute atomic E-state index is 0.0385. The van der Waals surface area contributed by atoms with Crippen molar-refractivity contribution in [3.63, 3.8) is 0 Å². The first-order chi connectivity index (χ1) is 12.6. The molecule has 1 saturated carbocycles. The zero-order valence-electron chi connectivity index (χ0n) is 16.6. The number of aliphatic hydroxyl groups is 1. The summed E-state index contributed by atoms with van der Waals surface area (Å²) < 4.78 is 14.7. The van der Waals surface area contributed by atoms with Crippen LogP contribution in [-0.4, -0.2) is 53.6 Å². The van der Waals surface area contributed by atoms with Crippen LogP contribution in [0.15, 0.2) is 0 Å². The van der Waals surface area contributed by atoms with Crippen LogP contribution in [-0.2, 0) is 19.0 Å². The van der Waals surface area contributed by atoms with Crippen molar-refractivity contribution in [1.82, 2.24) is 5.32 Å². The van der Waals surface area contributed by atoms with E-state index >= 15 is 0 Å². The number of nitrogens with one attached hydrogen (secondary N) is 1. The Labute approximate surface area is 165 Å². The summed E-state index contributed by atoms with van der Waals surface area (Å²) in [4.78, 5) is 33.5. The van der Waals surface area contributed by atoms with Crippen LogP contribution >= 0.6 is 11.6 Å². The van der Waals surface area contributed by atoms with Crippen molar-refractivity contribution in [1.29, 1.82) is 0 Å². The van der Waals surface area contributed by atoms with E-state index in [1.165, 1.54) is 0 Å². The van der Waals surface area contributed by atoms with E-state index in [4.69, 9.17) is 26.2 Å². The smallest absolute Gasteiger partial charge is 0.408 e. The summed E-state index contributed by atoms with van der Waals surface area (Å²) in [6.45, 7) is 7.27. The molecule has 1 rings (SSSR count). The van der Waals surface area contributed by atoms with Crippen molar-refractivity contribution < 1.29 is 33.7 Å². The Morgan fingerprint density at radius 1 is 1.22 bits per heavy atom. The average Bonchev–Trinajstić information content (AvgIpc) is 3.03. The number of amides is 1. The molecule has 0 unspecified atom stereocenters. The minimum Gasteiger partial charge on any atom is -0.461 e. The Balaban J connectivity index is 0.000000972. The molecule has 1 atom stereocenters. The number of ether oxygens (including phenoxy) is 3. The van der Waals surface area contributed by atoms with Crippen LogP contribution in [0, 0.1) is 0 Å². The lowest BCUT2D eigenvalue weighted by atomic mass is 10.1. The molecule has 0 aromatic rings. The Hall–Kier alpha value is -1.54. The molecule has 0 heterocycles. The first-order valence-corrected chi connectivity index (χ1v) is 9.60. The van der Waals surface area contributed by atoms with Gasteiger partial charge in [-0.15, -0.1) is 0 Å². The van der Waals surface area contributed by atoms with Crippen molar-refractivity contribution in [3.8, 4) is 0 Å². The van der Waals surface area contributed by atoms with Crippen LogP contribution in [0.4, 0.5) is 9.59 Å². The number of rotatable bonds is 7. The predicted octanol–water partition coefficient (Wildman–Crippen LogP) is 3.52. The maximum absolute atomic E-state index is 12.1. The van der Waals surface area contributed by atoms with Crippen molar-refractivity contribution in [2.75, 3.05) is 13.2 Å². The zero-order valence-corrected chi connectivity index (χ0v) is 17.3. The largest absolute Gasteiger partial charge is 0.461 e. The van der Waals surface area contributed by atoms with Crippen LogP contribution < -0.4 is 5.32 Å². The monoisotopic (exact) mass is 409 g/mol. The van der Waals surface area contributed by atoms with Gasteiger partial charge in [0, 0.05) is 18.2 Å². The van der Waals surface area contributed by atoms with E-state index in [-0.39, 0.29) is 12.7 Å². The molecule has 9 heteroatoms. The summed E-state index contributed by atoms with van der Waals surface area (Å²) >= 11 is 4.72. The molecule has 0 saturated heterocycles. The van der Waals surface area contributed by atoms with Crippen molar-refractivity contribution in [2.45, 2.75) is 84.0 Å². The molecule has 0 aliphatic heterocycles. The number of halogens is 1. The fourth-order valence-corrected chi connectivity index (χ4v) is 2.47. The number of esters is 1. The average molecular weight is 410 g/mol. The molecule has 0 aromatic carbocycles. The van der Waals surface area contributed by atoms with Gasteiger partial charge in [-0.25, -0.2) is 14.4 Å². The second-order valence-electron chi connectivity index (χ2n) is 7.08. The van der Waals surface area contributed by atoms with Gasteiger partial charge in [-0.05, 0) is 66.2 Å². The second kappa shape index (κ2) is 13.6. The number of carbonyl (C=O) groups excluding carboxylic acids is 3. The van der Waals surface area contributed by atoms with E-state index in [0.29, 0.717) is 19.4 Å². The lowest BCUT2D eigenvalue weighted by Crippen LogP contribution is -2.45. The normalized spacial score (nSPS) is 15.2. The summed E-state index contributed by atoms with van der Waals surface area (Å²) in [6.07, 6.45) is 3.96. The molecule has 8 nitrogen and oxygen atoms in total. The van der Waals surface area contributed by atoms with E-state index < -0.39 is 29.1 Å². The Bertz CT molecular complexity index is 459. The molecule has 1 fully saturated rings. The third kappa shape index (κ3) is 14.2. The van der Waals surface area contributed by atoms with Gasteiger partial charge in [-0.2, -0.15) is 0 Å². The number of aliphatic hydroxyl groups excluding tert-OH is 1.